The van der Waals surface area contributed by atoms with Gasteiger partial charge >= 0.3 is 0 Å². The van der Waals surface area contributed by atoms with Gasteiger partial charge in [0, 0.05) is 17.4 Å². The van der Waals surface area contributed by atoms with Crippen LogP contribution in [0.1, 0.15) is 5.69 Å². The van der Waals surface area contributed by atoms with Crippen LogP contribution in [-0.4, -0.2) is 14.4 Å². The lowest BCUT2D eigenvalue weighted by Gasteiger charge is -2.10. The van der Waals surface area contributed by atoms with Crippen molar-refractivity contribution in [3.63, 3.8) is 0 Å². The highest BCUT2D eigenvalue weighted by Gasteiger charge is 2.10. The number of rotatable bonds is 2. The van der Waals surface area contributed by atoms with Crippen molar-refractivity contribution in [3.8, 4) is 0 Å². The summed E-state index contributed by atoms with van der Waals surface area (Å²) in [5.74, 6) is 1.69. The van der Waals surface area contributed by atoms with Crippen LogP contribution in [0.2, 0.25) is 0 Å². The Balaban J connectivity index is 1.98. The van der Waals surface area contributed by atoms with E-state index < -0.39 is 0 Å². The molecule has 4 nitrogen and oxygen atoms in total. The fourth-order valence-corrected chi connectivity index (χ4v) is 2.54. The predicted octanol–water partition coefficient (Wildman–Crippen LogP) is 3.93. The highest BCUT2D eigenvalue weighted by Crippen LogP contribution is 2.23. The quantitative estimate of drug-likeness (QED) is 0.602. The number of nitrogens with zero attached hydrogens (tertiary/aromatic N) is 3. The highest BCUT2D eigenvalue weighted by atomic mass is 15.2. The lowest BCUT2D eigenvalue weighted by Crippen LogP contribution is -2.01. The number of para-hydroxylation sites is 3. The van der Waals surface area contributed by atoms with Gasteiger partial charge in [-0.3, -0.25) is 4.40 Å². The summed E-state index contributed by atoms with van der Waals surface area (Å²) in [5.41, 5.74) is 3.99. The van der Waals surface area contributed by atoms with Gasteiger partial charge in [-0.25, -0.2) is 9.97 Å². The molecule has 2 aromatic heterocycles. The van der Waals surface area contributed by atoms with Crippen LogP contribution in [0, 0.1) is 6.92 Å². The van der Waals surface area contributed by atoms with Crippen molar-refractivity contribution in [1.29, 1.82) is 0 Å². The van der Waals surface area contributed by atoms with Gasteiger partial charge in [-0.05, 0) is 31.2 Å². The minimum Gasteiger partial charge on any atom is -0.341 e. The van der Waals surface area contributed by atoms with Crippen molar-refractivity contribution in [1.82, 2.24) is 14.4 Å². The van der Waals surface area contributed by atoms with Gasteiger partial charge in [-0.2, -0.15) is 0 Å². The summed E-state index contributed by atoms with van der Waals surface area (Å²) in [6.45, 7) is 1.98. The van der Waals surface area contributed by atoms with Crippen molar-refractivity contribution < 1.29 is 0 Å². The molecule has 0 unspecified atom stereocenters. The van der Waals surface area contributed by atoms with Crippen LogP contribution >= 0.6 is 0 Å². The van der Waals surface area contributed by atoms with Crippen LogP contribution in [-0.2, 0) is 0 Å². The van der Waals surface area contributed by atoms with E-state index in [0.717, 1.165) is 34.0 Å². The van der Waals surface area contributed by atoms with E-state index in [0.29, 0.717) is 0 Å². The minimum atomic E-state index is 0.717. The number of fused-ring (bicyclic) bond motifs is 3. The van der Waals surface area contributed by atoms with E-state index in [9.17, 15) is 0 Å². The summed E-state index contributed by atoms with van der Waals surface area (Å²) in [6, 6.07) is 20.2. The Morgan fingerprint density at radius 1 is 0.905 bits per heavy atom. The number of hydrogen-bond acceptors (Lipinski definition) is 3. The van der Waals surface area contributed by atoms with Crippen molar-refractivity contribution >= 4 is 28.3 Å². The molecule has 1 N–H and O–H groups in total. The molecular formula is C17H14N4. The molecular weight excluding hydrogens is 260 g/mol. The molecule has 4 rings (SSSR count). The zero-order chi connectivity index (χ0) is 14.2. The molecule has 21 heavy (non-hydrogen) atoms. The van der Waals surface area contributed by atoms with Crippen LogP contribution < -0.4 is 5.32 Å². The average molecular weight is 274 g/mol. The topological polar surface area (TPSA) is 42.2 Å². The SMILES string of the molecule is Cc1cc(Nc2ccccc2)n2c(n1)nc1ccccc12. The number of nitrogens with one attached hydrogen (secondary N) is 1. The summed E-state index contributed by atoms with van der Waals surface area (Å²) in [7, 11) is 0. The molecule has 0 aliphatic rings. The van der Waals surface area contributed by atoms with Gasteiger partial charge in [-0.1, -0.05) is 30.3 Å². The second kappa shape index (κ2) is 4.59. The predicted molar refractivity (Wildman–Crippen MR) is 85.0 cm³/mol. The first-order chi connectivity index (χ1) is 10.3. The van der Waals surface area contributed by atoms with E-state index >= 15 is 0 Å². The zero-order valence-corrected chi connectivity index (χ0v) is 11.6. The number of imidazole rings is 1. The third kappa shape index (κ3) is 2.01. The summed E-state index contributed by atoms with van der Waals surface area (Å²) < 4.78 is 2.05. The average Bonchev–Trinajstić information content (AvgIpc) is 2.86. The Labute approximate surface area is 122 Å². The van der Waals surface area contributed by atoms with E-state index in [2.05, 4.69) is 25.8 Å². The smallest absolute Gasteiger partial charge is 0.236 e. The normalized spacial score (nSPS) is 11.1. The molecule has 0 radical (unpaired) electrons. The fourth-order valence-electron chi connectivity index (χ4n) is 2.54. The lowest BCUT2D eigenvalue weighted by molar-refractivity contribution is 1.09. The maximum Gasteiger partial charge on any atom is 0.236 e. The molecule has 0 spiro atoms. The molecule has 102 valence electrons. The van der Waals surface area contributed by atoms with E-state index in [-0.39, 0.29) is 0 Å². The number of aryl methyl sites for hydroxylation is 1. The second-order valence-electron chi connectivity index (χ2n) is 5.01. The maximum absolute atomic E-state index is 4.59. The molecule has 0 atom stereocenters. The third-order valence-corrected chi connectivity index (χ3v) is 3.45. The van der Waals surface area contributed by atoms with Gasteiger partial charge < -0.3 is 5.32 Å². The Hall–Kier alpha value is -2.88. The Morgan fingerprint density at radius 3 is 2.52 bits per heavy atom. The zero-order valence-electron chi connectivity index (χ0n) is 11.6. The Morgan fingerprint density at radius 2 is 1.67 bits per heavy atom. The molecule has 2 aromatic carbocycles. The maximum atomic E-state index is 4.59. The van der Waals surface area contributed by atoms with Gasteiger partial charge in [-0.15, -0.1) is 0 Å². The monoisotopic (exact) mass is 274 g/mol. The number of aromatic nitrogens is 3. The van der Waals surface area contributed by atoms with E-state index in [4.69, 9.17) is 0 Å². The molecule has 0 bridgehead atoms. The molecule has 0 saturated carbocycles. The summed E-state index contributed by atoms with van der Waals surface area (Å²) in [4.78, 5) is 9.12. The lowest BCUT2D eigenvalue weighted by atomic mass is 10.3. The first kappa shape index (κ1) is 11.9. The van der Waals surface area contributed by atoms with E-state index in [1.807, 2.05) is 61.5 Å². The number of benzene rings is 2. The van der Waals surface area contributed by atoms with Gasteiger partial charge in [0.2, 0.25) is 5.78 Å². The van der Waals surface area contributed by atoms with Crippen LogP contribution in [0.15, 0.2) is 60.7 Å². The minimum absolute atomic E-state index is 0.717. The van der Waals surface area contributed by atoms with E-state index in [1.54, 1.807) is 0 Å². The summed E-state index contributed by atoms with van der Waals surface area (Å²) in [6.07, 6.45) is 0. The van der Waals surface area contributed by atoms with E-state index in [1.165, 1.54) is 0 Å². The van der Waals surface area contributed by atoms with Crippen LogP contribution in [0.4, 0.5) is 11.5 Å². The number of hydrogen-bond donors (Lipinski definition) is 1. The molecule has 4 aromatic rings. The summed E-state index contributed by atoms with van der Waals surface area (Å²) >= 11 is 0. The second-order valence-corrected chi connectivity index (χ2v) is 5.01. The van der Waals surface area contributed by atoms with Gasteiger partial charge in [0.1, 0.15) is 5.82 Å². The van der Waals surface area contributed by atoms with Gasteiger partial charge in [0.05, 0.1) is 11.0 Å². The van der Waals surface area contributed by atoms with Crippen molar-refractivity contribution in [2.45, 2.75) is 6.92 Å². The van der Waals surface area contributed by atoms with Crippen LogP contribution in [0.3, 0.4) is 0 Å². The van der Waals surface area contributed by atoms with Crippen molar-refractivity contribution in [2.75, 3.05) is 5.32 Å². The summed E-state index contributed by atoms with van der Waals surface area (Å²) in [5, 5.41) is 3.45. The molecule has 0 saturated heterocycles. The van der Waals surface area contributed by atoms with Gasteiger partial charge in [0.25, 0.3) is 0 Å². The van der Waals surface area contributed by atoms with Gasteiger partial charge in [0.15, 0.2) is 0 Å². The number of anilines is 2. The highest BCUT2D eigenvalue weighted by molar-refractivity contribution is 5.82. The Bertz CT molecular complexity index is 925. The van der Waals surface area contributed by atoms with Crippen LogP contribution in [0.5, 0.6) is 0 Å². The van der Waals surface area contributed by atoms with Crippen LogP contribution in [0.25, 0.3) is 16.8 Å². The molecule has 0 fully saturated rings. The largest absolute Gasteiger partial charge is 0.341 e. The third-order valence-electron chi connectivity index (χ3n) is 3.45. The standard InChI is InChI=1S/C17H14N4/c1-12-11-16(19-13-7-3-2-4-8-13)21-15-10-6-5-9-14(15)20-17(21)18-12/h2-11,19H,1H3. The molecule has 2 heterocycles. The first-order valence-electron chi connectivity index (χ1n) is 6.88. The molecule has 4 heteroatoms. The van der Waals surface area contributed by atoms with Crippen molar-refractivity contribution in [2.24, 2.45) is 0 Å². The van der Waals surface area contributed by atoms with Crippen molar-refractivity contribution in [3.05, 3.63) is 66.4 Å². The first-order valence-corrected chi connectivity index (χ1v) is 6.88. The molecule has 0 amide bonds. The molecule has 0 aliphatic heterocycles. The fraction of sp³-hybridized carbons (Fsp3) is 0.0588. The Kier molecular flexibility index (Phi) is 2.60. The molecule has 0 aliphatic carbocycles.